The highest BCUT2D eigenvalue weighted by molar-refractivity contribution is 9.10. The molecule has 0 aliphatic carbocycles. The minimum atomic E-state index is 0.218. The second-order valence-electron chi connectivity index (χ2n) is 4.18. The average molecular weight is 361 g/mol. The van der Waals surface area contributed by atoms with Crippen LogP contribution >= 0.6 is 38.9 Å². The Morgan fingerprint density at radius 2 is 2.16 bits per heavy atom. The molecule has 2 aromatic rings. The lowest BCUT2D eigenvalue weighted by atomic mass is 10.1. The van der Waals surface area contributed by atoms with Gasteiger partial charge in [-0.3, -0.25) is 0 Å². The molecule has 0 unspecified atom stereocenters. The Balaban J connectivity index is 2.03. The van der Waals surface area contributed by atoms with Gasteiger partial charge in [0.2, 0.25) is 0 Å². The summed E-state index contributed by atoms with van der Waals surface area (Å²) in [4.78, 5) is 1.21. The van der Waals surface area contributed by atoms with Crippen molar-refractivity contribution in [1.29, 1.82) is 0 Å². The molecular formula is C14H15BrClNOS. The van der Waals surface area contributed by atoms with Crippen molar-refractivity contribution in [3.05, 3.63) is 49.6 Å². The van der Waals surface area contributed by atoms with Crippen LogP contribution in [0.1, 0.15) is 23.4 Å². The molecule has 2 rings (SSSR count). The quantitative estimate of drug-likeness (QED) is 0.808. The lowest BCUT2D eigenvalue weighted by molar-refractivity contribution is 0.401. The number of methoxy groups -OCH3 is 1. The molecule has 19 heavy (non-hydrogen) atoms. The number of hydrogen-bond donors (Lipinski definition) is 1. The Bertz CT molecular complexity index is 539. The standard InChI is InChI=1S/C14H15BrClNOS/c1-9(11-5-3-4-6-13(11)18-2)17-8-10-7-12(15)14(16)19-10/h3-7,9,17H,8H2,1-2H3/t9-/m1/s1. The van der Waals surface area contributed by atoms with Crippen molar-refractivity contribution in [2.24, 2.45) is 0 Å². The van der Waals surface area contributed by atoms with E-state index in [9.17, 15) is 0 Å². The van der Waals surface area contributed by atoms with Gasteiger partial charge in [0.05, 0.1) is 7.11 Å². The fourth-order valence-corrected chi connectivity index (χ4v) is 3.61. The Hall–Kier alpha value is -0.550. The predicted molar refractivity (Wildman–Crippen MR) is 85.3 cm³/mol. The normalized spacial score (nSPS) is 12.4. The fraction of sp³-hybridized carbons (Fsp3) is 0.286. The van der Waals surface area contributed by atoms with Crippen molar-refractivity contribution in [1.82, 2.24) is 5.32 Å². The Morgan fingerprint density at radius 3 is 2.79 bits per heavy atom. The molecule has 2 nitrogen and oxygen atoms in total. The first-order valence-corrected chi connectivity index (χ1v) is 7.90. The molecule has 0 saturated carbocycles. The molecule has 5 heteroatoms. The maximum absolute atomic E-state index is 6.03. The predicted octanol–water partition coefficient (Wildman–Crippen LogP) is 5.02. The van der Waals surface area contributed by atoms with E-state index in [-0.39, 0.29) is 6.04 Å². The molecule has 1 N–H and O–H groups in total. The largest absolute Gasteiger partial charge is 0.496 e. The highest BCUT2D eigenvalue weighted by atomic mass is 79.9. The second kappa shape index (κ2) is 6.75. The van der Waals surface area contributed by atoms with Crippen LogP contribution in [0.3, 0.4) is 0 Å². The number of ether oxygens (including phenoxy) is 1. The van der Waals surface area contributed by atoms with E-state index in [4.69, 9.17) is 16.3 Å². The molecule has 0 bridgehead atoms. The molecule has 0 aliphatic heterocycles. The van der Waals surface area contributed by atoms with Gasteiger partial charge < -0.3 is 10.1 Å². The zero-order chi connectivity index (χ0) is 13.8. The lowest BCUT2D eigenvalue weighted by Gasteiger charge is -2.16. The van der Waals surface area contributed by atoms with Gasteiger partial charge in [-0.25, -0.2) is 0 Å². The third-order valence-electron chi connectivity index (χ3n) is 2.88. The van der Waals surface area contributed by atoms with Gasteiger partial charge in [0, 0.05) is 27.5 Å². The van der Waals surface area contributed by atoms with Gasteiger partial charge in [0.25, 0.3) is 0 Å². The van der Waals surface area contributed by atoms with Crippen LogP contribution in [0.25, 0.3) is 0 Å². The molecule has 1 aromatic carbocycles. The first-order valence-electron chi connectivity index (χ1n) is 5.92. The summed E-state index contributed by atoms with van der Waals surface area (Å²) >= 11 is 11.0. The van der Waals surface area contributed by atoms with Crippen LogP contribution in [0.2, 0.25) is 4.34 Å². The van der Waals surface area contributed by atoms with Crippen LogP contribution < -0.4 is 10.1 Å². The number of para-hydroxylation sites is 1. The van der Waals surface area contributed by atoms with Crippen molar-refractivity contribution in [2.75, 3.05) is 7.11 Å². The summed E-state index contributed by atoms with van der Waals surface area (Å²) in [6.45, 7) is 2.91. The van der Waals surface area contributed by atoms with E-state index in [1.807, 2.05) is 18.2 Å². The third kappa shape index (κ3) is 3.72. The smallest absolute Gasteiger partial charge is 0.123 e. The van der Waals surface area contributed by atoms with E-state index < -0.39 is 0 Å². The number of nitrogens with one attached hydrogen (secondary N) is 1. The maximum atomic E-state index is 6.03. The Kier molecular flexibility index (Phi) is 5.28. The minimum absolute atomic E-state index is 0.218. The van der Waals surface area contributed by atoms with Gasteiger partial charge in [-0.2, -0.15) is 0 Å². The molecule has 1 atom stereocenters. The highest BCUT2D eigenvalue weighted by Gasteiger charge is 2.11. The van der Waals surface area contributed by atoms with Crippen molar-refractivity contribution < 1.29 is 4.74 Å². The zero-order valence-electron chi connectivity index (χ0n) is 10.7. The first kappa shape index (κ1) is 14.9. The van der Waals surface area contributed by atoms with E-state index in [1.165, 1.54) is 4.88 Å². The highest BCUT2D eigenvalue weighted by Crippen LogP contribution is 2.32. The molecule has 0 fully saturated rings. The summed E-state index contributed by atoms with van der Waals surface area (Å²) in [5.74, 6) is 0.910. The summed E-state index contributed by atoms with van der Waals surface area (Å²) in [7, 11) is 1.70. The summed E-state index contributed by atoms with van der Waals surface area (Å²) in [6, 6.07) is 10.3. The van der Waals surface area contributed by atoms with Crippen molar-refractivity contribution in [3.63, 3.8) is 0 Å². The SMILES string of the molecule is COc1ccccc1[C@@H](C)NCc1cc(Br)c(Cl)s1. The summed E-state index contributed by atoms with van der Waals surface area (Å²) < 4.78 is 7.13. The van der Waals surface area contributed by atoms with E-state index >= 15 is 0 Å². The maximum Gasteiger partial charge on any atom is 0.123 e. The van der Waals surface area contributed by atoms with Crippen molar-refractivity contribution in [2.45, 2.75) is 19.5 Å². The van der Waals surface area contributed by atoms with E-state index in [1.54, 1.807) is 18.4 Å². The molecular weight excluding hydrogens is 346 g/mol. The van der Waals surface area contributed by atoms with Gasteiger partial charge in [-0.05, 0) is 35.0 Å². The molecule has 0 aliphatic rings. The molecule has 102 valence electrons. The van der Waals surface area contributed by atoms with Gasteiger partial charge in [0.15, 0.2) is 0 Å². The second-order valence-corrected chi connectivity index (χ2v) is 6.77. The molecule has 0 spiro atoms. The van der Waals surface area contributed by atoms with E-state index in [0.717, 1.165) is 26.7 Å². The number of benzene rings is 1. The first-order chi connectivity index (χ1) is 9.11. The topological polar surface area (TPSA) is 21.3 Å². The minimum Gasteiger partial charge on any atom is -0.496 e. The third-order valence-corrected chi connectivity index (χ3v) is 5.36. The fourth-order valence-electron chi connectivity index (χ4n) is 1.87. The Labute approximate surface area is 130 Å². The molecule has 0 saturated heterocycles. The van der Waals surface area contributed by atoms with E-state index in [2.05, 4.69) is 40.3 Å². The molecule has 1 heterocycles. The monoisotopic (exact) mass is 359 g/mol. The number of thiophene rings is 1. The van der Waals surface area contributed by atoms with Gasteiger partial charge >= 0.3 is 0 Å². The number of halogens is 2. The number of rotatable bonds is 5. The van der Waals surface area contributed by atoms with Crippen LogP contribution in [0.15, 0.2) is 34.8 Å². The summed E-state index contributed by atoms with van der Waals surface area (Å²) in [5, 5.41) is 3.48. The van der Waals surface area contributed by atoms with Gasteiger partial charge in [-0.15, -0.1) is 11.3 Å². The van der Waals surface area contributed by atoms with E-state index in [0.29, 0.717) is 0 Å². The van der Waals surface area contributed by atoms with Crippen molar-refractivity contribution in [3.8, 4) is 5.75 Å². The van der Waals surface area contributed by atoms with Gasteiger partial charge in [0.1, 0.15) is 10.1 Å². The number of hydrogen-bond acceptors (Lipinski definition) is 3. The van der Waals surface area contributed by atoms with Gasteiger partial charge in [-0.1, -0.05) is 29.8 Å². The average Bonchev–Trinajstić information content (AvgIpc) is 2.75. The zero-order valence-corrected chi connectivity index (χ0v) is 13.9. The molecule has 0 radical (unpaired) electrons. The van der Waals surface area contributed by atoms with Crippen LogP contribution in [-0.4, -0.2) is 7.11 Å². The summed E-state index contributed by atoms with van der Waals surface area (Å²) in [5.41, 5.74) is 1.16. The lowest BCUT2D eigenvalue weighted by Crippen LogP contribution is -2.18. The van der Waals surface area contributed by atoms with Crippen LogP contribution in [0.5, 0.6) is 5.75 Å². The molecule has 1 aromatic heterocycles. The van der Waals surface area contributed by atoms with Crippen molar-refractivity contribution >= 4 is 38.9 Å². The Morgan fingerprint density at radius 1 is 1.42 bits per heavy atom. The summed E-state index contributed by atoms with van der Waals surface area (Å²) in [6.07, 6.45) is 0. The molecule has 0 amide bonds. The van der Waals surface area contributed by atoms with Crippen LogP contribution in [0, 0.1) is 0 Å². The van der Waals surface area contributed by atoms with Crippen LogP contribution in [-0.2, 0) is 6.54 Å². The van der Waals surface area contributed by atoms with Crippen LogP contribution in [0.4, 0.5) is 0 Å².